The first-order valence-electron chi connectivity index (χ1n) is 9.89. The van der Waals surface area contributed by atoms with Crippen LogP contribution < -0.4 is 10.2 Å². The molecule has 0 atom stereocenters. The van der Waals surface area contributed by atoms with Crippen molar-refractivity contribution in [3.63, 3.8) is 0 Å². The quantitative estimate of drug-likeness (QED) is 0.611. The molecule has 0 radical (unpaired) electrons. The summed E-state index contributed by atoms with van der Waals surface area (Å²) in [4.78, 5) is 13.1. The van der Waals surface area contributed by atoms with E-state index in [1.807, 2.05) is 12.1 Å². The number of rotatable bonds is 8. The second-order valence-electron chi connectivity index (χ2n) is 7.12. The van der Waals surface area contributed by atoms with Gasteiger partial charge >= 0.3 is 5.97 Å². The van der Waals surface area contributed by atoms with Gasteiger partial charge in [0.2, 0.25) is 0 Å². The van der Waals surface area contributed by atoms with Gasteiger partial charge in [0.15, 0.2) is 0 Å². The molecule has 5 nitrogen and oxygen atoms in total. The number of aryl methyl sites for hydroxylation is 1. The van der Waals surface area contributed by atoms with E-state index in [2.05, 4.69) is 17.1 Å². The van der Waals surface area contributed by atoms with Crippen LogP contribution in [0.2, 0.25) is 5.02 Å². The van der Waals surface area contributed by atoms with E-state index in [9.17, 15) is 9.18 Å². The zero-order chi connectivity index (χ0) is 20.8. The molecular weight excluding hydrogens is 395 g/mol. The minimum absolute atomic E-state index is 0.117. The molecule has 0 spiro atoms. The summed E-state index contributed by atoms with van der Waals surface area (Å²) in [5, 5.41) is 13.0. The molecule has 0 aliphatic carbocycles. The highest BCUT2D eigenvalue weighted by atomic mass is 35.5. The lowest BCUT2D eigenvalue weighted by molar-refractivity contribution is -0.136. The van der Waals surface area contributed by atoms with E-state index in [4.69, 9.17) is 21.4 Å². The van der Waals surface area contributed by atoms with Gasteiger partial charge in [0.05, 0.1) is 11.4 Å². The molecule has 1 saturated heterocycles. The smallest absolute Gasteiger partial charge is 0.303 e. The van der Waals surface area contributed by atoms with Crippen LogP contribution in [0.3, 0.4) is 0 Å². The number of carboxylic acid groups (broad SMARTS) is 1. The Kier molecular flexibility index (Phi) is 7.34. The van der Waals surface area contributed by atoms with E-state index >= 15 is 0 Å². The van der Waals surface area contributed by atoms with Gasteiger partial charge in [-0.25, -0.2) is 4.39 Å². The van der Waals surface area contributed by atoms with E-state index in [1.165, 1.54) is 6.07 Å². The summed E-state index contributed by atoms with van der Waals surface area (Å²) >= 11 is 5.98. The Hall–Kier alpha value is -2.31. The van der Waals surface area contributed by atoms with Crippen molar-refractivity contribution in [3.05, 3.63) is 52.8 Å². The Morgan fingerprint density at radius 3 is 2.59 bits per heavy atom. The first-order chi connectivity index (χ1) is 14.0. The molecule has 3 rings (SSSR count). The van der Waals surface area contributed by atoms with Gasteiger partial charge in [0.1, 0.15) is 5.82 Å². The normalized spacial score (nSPS) is 14.6. The maximum absolute atomic E-state index is 14.8. The van der Waals surface area contributed by atoms with Crippen molar-refractivity contribution in [3.8, 4) is 0 Å². The predicted molar refractivity (Wildman–Crippen MR) is 114 cm³/mol. The van der Waals surface area contributed by atoms with E-state index in [0.29, 0.717) is 23.8 Å². The minimum atomic E-state index is -0.946. The monoisotopic (exact) mass is 420 g/mol. The second-order valence-corrected chi connectivity index (χ2v) is 7.55. The van der Waals surface area contributed by atoms with Crippen molar-refractivity contribution < 1.29 is 19.0 Å². The molecule has 0 amide bonds. The predicted octanol–water partition coefficient (Wildman–Crippen LogP) is 5.25. The molecule has 0 bridgehead atoms. The molecule has 7 heteroatoms. The minimum Gasteiger partial charge on any atom is -0.481 e. The lowest BCUT2D eigenvalue weighted by atomic mass is 10.0. The fourth-order valence-corrected chi connectivity index (χ4v) is 3.82. The molecule has 1 aliphatic rings. The van der Waals surface area contributed by atoms with Crippen LogP contribution in [0.4, 0.5) is 21.5 Å². The first-order valence-corrected chi connectivity index (χ1v) is 10.3. The zero-order valence-electron chi connectivity index (χ0n) is 16.5. The van der Waals surface area contributed by atoms with E-state index in [1.54, 1.807) is 18.2 Å². The number of anilines is 3. The Labute approximate surface area is 175 Å². The zero-order valence-corrected chi connectivity index (χ0v) is 17.2. The number of hydrogen-bond donors (Lipinski definition) is 2. The maximum atomic E-state index is 14.8. The summed E-state index contributed by atoms with van der Waals surface area (Å²) in [7, 11) is 0. The number of nitrogens with zero attached hydrogens (tertiary/aromatic N) is 1. The molecule has 1 fully saturated rings. The second kappa shape index (κ2) is 9.94. The fourth-order valence-electron chi connectivity index (χ4n) is 3.69. The van der Waals surface area contributed by atoms with Crippen molar-refractivity contribution in [1.82, 2.24) is 0 Å². The van der Waals surface area contributed by atoms with E-state index < -0.39 is 5.97 Å². The number of carbonyl (C=O) groups is 1. The Morgan fingerprint density at radius 2 is 1.97 bits per heavy atom. The molecule has 2 aromatic carbocycles. The average Bonchev–Trinajstić information content (AvgIpc) is 2.71. The molecule has 1 aliphatic heterocycles. The maximum Gasteiger partial charge on any atom is 0.303 e. The number of ether oxygens (including phenoxy) is 1. The molecule has 0 saturated carbocycles. The van der Waals surface area contributed by atoms with Crippen molar-refractivity contribution in [2.24, 2.45) is 0 Å². The van der Waals surface area contributed by atoms with Crippen molar-refractivity contribution in [2.75, 3.05) is 30.0 Å². The summed E-state index contributed by atoms with van der Waals surface area (Å²) in [6, 6.07) is 10.8. The third-order valence-corrected chi connectivity index (χ3v) is 5.43. The molecule has 2 aromatic rings. The summed E-state index contributed by atoms with van der Waals surface area (Å²) in [5.74, 6) is -1.33. The average molecular weight is 421 g/mol. The van der Waals surface area contributed by atoms with Crippen molar-refractivity contribution in [1.29, 1.82) is 0 Å². The van der Waals surface area contributed by atoms with Crippen LogP contribution in [-0.2, 0) is 16.0 Å². The van der Waals surface area contributed by atoms with Crippen LogP contribution in [0, 0.1) is 5.82 Å². The molecule has 156 valence electrons. The van der Waals surface area contributed by atoms with Crippen molar-refractivity contribution >= 4 is 34.6 Å². The molecule has 29 heavy (non-hydrogen) atoms. The number of carboxylic acids is 1. The highest BCUT2D eigenvalue weighted by molar-refractivity contribution is 6.30. The van der Waals surface area contributed by atoms with Crippen LogP contribution >= 0.6 is 11.6 Å². The van der Waals surface area contributed by atoms with Crippen LogP contribution in [0.1, 0.15) is 31.7 Å². The van der Waals surface area contributed by atoms with E-state index in [-0.39, 0.29) is 24.7 Å². The Morgan fingerprint density at radius 1 is 1.28 bits per heavy atom. The lowest BCUT2D eigenvalue weighted by Crippen LogP contribution is -2.39. The van der Waals surface area contributed by atoms with Crippen LogP contribution in [-0.4, -0.2) is 36.9 Å². The van der Waals surface area contributed by atoms with Gasteiger partial charge in [0, 0.05) is 42.9 Å². The largest absolute Gasteiger partial charge is 0.481 e. The number of hydrogen-bond acceptors (Lipinski definition) is 4. The van der Waals surface area contributed by atoms with Crippen LogP contribution in [0.15, 0.2) is 36.4 Å². The Bertz CT molecular complexity index is 839. The summed E-state index contributed by atoms with van der Waals surface area (Å²) in [5.41, 5.74) is 2.73. The van der Waals surface area contributed by atoms with E-state index in [0.717, 1.165) is 36.4 Å². The standard InChI is InChI=1S/C22H26ClFN2O3/c1-2-26(18-9-11-29-12-10-18)21-14-19(24)15(3-8-22(27)28)13-20(21)25-17-6-4-16(23)5-7-17/h4-7,13-14,18,25H,2-3,8-12H2,1H3,(H,27,28). The summed E-state index contributed by atoms with van der Waals surface area (Å²) in [6.07, 6.45) is 1.79. The van der Waals surface area contributed by atoms with Crippen molar-refractivity contribution in [2.45, 2.75) is 38.6 Å². The number of nitrogens with one attached hydrogen (secondary N) is 1. The van der Waals surface area contributed by atoms with Crippen LogP contribution in [0.25, 0.3) is 0 Å². The van der Waals surface area contributed by atoms with Gasteiger partial charge in [-0.05, 0) is 68.1 Å². The SMILES string of the molecule is CCN(c1cc(F)c(CCC(=O)O)cc1Nc1ccc(Cl)cc1)C1CCOCC1. The third kappa shape index (κ3) is 5.61. The first kappa shape index (κ1) is 21.4. The highest BCUT2D eigenvalue weighted by Gasteiger charge is 2.24. The number of halogens is 2. The van der Waals surface area contributed by atoms with Gasteiger partial charge in [-0.1, -0.05) is 11.6 Å². The molecule has 0 aromatic heterocycles. The molecule has 0 unspecified atom stereocenters. The topological polar surface area (TPSA) is 61.8 Å². The van der Waals surface area contributed by atoms with Gasteiger partial charge in [0.25, 0.3) is 0 Å². The Balaban J connectivity index is 1.98. The molecular formula is C22H26ClFN2O3. The number of benzene rings is 2. The van der Waals surface area contributed by atoms with Gasteiger partial charge in [-0.15, -0.1) is 0 Å². The fraction of sp³-hybridized carbons (Fsp3) is 0.409. The molecule has 1 heterocycles. The summed E-state index contributed by atoms with van der Waals surface area (Å²) in [6.45, 7) is 4.17. The van der Waals surface area contributed by atoms with Gasteiger partial charge < -0.3 is 20.1 Å². The van der Waals surface area contributed by atoms with Crippen LogP contribution in [0.5, 0.6) is 0 Å². The highest BCUT2D eigenvalue weighted by Crippen LogP contribution is 2.35. The number of aliphatic carboxylic acids is 1. The molecule has 2 N–H and O–H groups in total. The lowest BCUT2D eigenvalue weighted by Gasteiger charge is -2.36. The third-order valence-electron chi connectivity index (χ3n) is 5.18. The van der Waals surface area contributed by atoms with Gasteiger partial charge in [-0.3, -0.25) is 4.79 Å². The summed E-state index contributed by atoms with van der Waals surface area (Å²) < 4.78 is 20.3. The van der Waals surface area contributed by atoms with Gasteiger partial charge in [-0.2, -0.15) is 0 Å².